The SMILES string of the molecule is O=C(NC1CCSc2ccccc21)c1ccc(Cl)c(S(=O)(=O)N2CCCC2)c1. The molecule has 1 unspecified atom stereocenters. The van der Waals surface area contributed by atoms with Crippen LogP contribution in [0.2, 0.25) is 5.02 Å². The predicted octanol–water partition coefficient (Wildman–Crippen LogP) is 4.09. The molecule has 1 amide bonds. The van der Waals surface area contributed by atoms with Crippen LogP contribution in [0, 0.1) is 0 Å². The van der Waals surface area contributed by atoms with Crippen LogP contribution in [-0.2, 0) is 10.0 Å². The van der Waals surface area contributed by atoms with Crippen LogP contribution >= 0.6 is 23.4 Å². The van der Waals surface area contributed by atoms with Crippen molar-refractivity contribution < 1.29 is 13.2 Å². The first-order valence-electron chi connectivity index (χ1n) is 9.29. The van der Waals surface area contributed by atoms with E-state index < -0.39 is 10.0 Å². The molecule has 148 valence electrons. The Bertz CT molecular complexity index is 1000. The van der Waals surface area contributed by atoms with Gasteiger partial charge in [0.1, 0.15) is 4.90 Å². The maximum atomic E-state index is 12.9. The van der Waals surface area contributed by atoms with Gasteiger partial charge in [-0.15, -0.1) is 11.8 Å². The van der Waals surface area contributed by atoms with E-state index in [0.717, 1.165) is 30.6 Å². The van der Waals surface area contributed by atoms with Gasteiger partial charge >= 0.3 is 0 Å². The van der Waals surface area contributed by atoms with Gasteiger partial charge in [0.05, 0.1) is 11.1 Å². The molecule has 2 aliphatic heterocycles. The van der Waals surface area contributed by atoms with E-state index >= 15 is 0 Å². The Morgan fingerprint density at radius 2 is 1.89 bits per heavy atom. The number of fused-ring (bicyclic) bond motifs is 1. The van der Waals surface area contributed by atoms with Gasteiger partial charge in [-0.2, -0.15) is 4.31 Å². The van der Waals surface area contributed by atoms with Crippen molar-refractivity contribution in [3.05, 3.63) is 58.6 Å². The molecule has 1 atom stereocenters. The molecule has 4 rings (SSSR count). The summed E-state index contributed by atoms with van der Waals surface area (Å²) in [6.45, 7) is 0.983. The van der Waals surface area contributed by atoms with E-state index in [4.69, 9.17) is 11.6 Å². The molecular formula is C20H21ClN2O3S2. The lowest BCUT2D eigenvalue weighted by Crippen LogP contribution is -2.31. The molecule has 2 aromatic carbocycles. The molecule has 0 saturated carbocycles. The third kappa shape index (κ3) is 3.81. The normalized spacial score (nSPS) is 20.0. The van der Waals surface area contributed by atoms with E-state index in [9.17, 15) is 13.2 Å². The Morgan fingerprint density at radius 3 is 2.68 bits per heavy atom. The van der Waals surface area contributed by atoms with Crippen molar-refractivity contribution in [2.24, 2.45) is 0 Å². The Hall–Kier alpha value is -1.54. The van der Waals surface area contributed by atoms with Gasteiger partial charge < -0.3 is 5.32 Å². The van der Waals surface area contributed by atoms with Crippen LogP contribution in [-0.4, -0.2) is 37.5 Å². The fourth-order valence-corrected chi connectivity index (χ4v) is 6.79. The number of nitrogens with one attached hydrogen (secondary N) is 1. The standard InChI is InChI=1S/C20H21ClN2O3S2/c21-16-8-7-14(13-19(16)28(25,26)23-10-3-4-11-23)20(24)22-17-9-12-27-18-6-2-1-5-15(17)18/h1-2,5-8,13,17H,3-4,9-12H2,(H,22,24). The summed E-state index contributed by atoms with van der Waals surface area (Å²) < 4.78 is 27.2. The quantitative estimate of drug-likeness (QED) is 0.783. The summed E-state index contributed by atoms with van der Waals surface area (Å²) in [4.78, 5) is 14.0. The maximum absolute atomic E-state index is 12.9. The van der Waals surface area contributed by atoms with Crippen molar-refractivity contribution in [3.8, 4) is 0 Å². The first-order chi connectivity index (χ1) is 13.5. The second-order valence-corrected chi connectivity index (χ2v) is 10.4. The van der Waals surface area contributed by atoms with Crippen molar-refractivity contribution in [2.45, 2.75) is 35.1 Å². The summed E-state index contributed by atoms with van der Waals surface area (Å²) in [5, 5.41) is 3.20. The lowest BCUT2D eigenvalue weighted by atomic mass is 10.0. The van der Waals surface area contributed by atoms with Gasteiger partial charge in [-0.05, 0) is 49.1 Å². The minimum Gasteiger partial charge on any atom is -0.345 e. The number of sulfonamides is 1. The number of carbonyl (C=O) groups is 1. The lowest BCUT2D eigenvalue weighted by molar-refractivity contribution is 0.0934. The molecule has 28 heavy (non-hydrogen) atoms. The number of hydrogen-bond donors (Lipinski definition) is 1. The highest BCUT2D eigenvalue weighted by molar-refractivity contribution is 7.99. The second kappa shape index (κ2) is 8.06. The van der Waals surface area contributed by atoms with Crippen LogP contribution in [0.3, 0.4) is 0 Å². The van der Waals surface area contributed by atoms with Gasteiger partial charge in [0.2, 0.25) is 10.0 Å². The van der Waals surface area contributed by atoms with Gasteiger partial charge in [0, 0.05) is 29.3 Å². The number of carbonyl (C=O) groups excluding carboxylic acids is 1. The highest BCUT2D eigenvalue weighted by Gasteiger charge is 2.30. The Balaban J connectivity index is 1.59. The lowest BCUT2D eigenvalue weighted by Gasteiger charge is -2.26. The van der Waals surface area contributed by atoms with Crippen molar-refractivity contribution in [1.29, 1.82) is 0 Å². The molecule has 1 N–H and O–H groups in total. The van der Waals surface area contributed by atoms with Crippen molar-refractivity contribution in [3.63, 3.8) is 0 Å². The van der Waals surface area contributed by atoms with E-state index in [2.05, 4.69) is 11.4 Å². The zero-order chi connectivity index (χ0) is 19.7. The van der Waals surface area contributed by atoms with Crippen LogP contribution < -0.4 is 5.32 Å². The molecule has 0 radical (unpaired) electrons. The molecule has 5 nitrogen and oxygen atoms in total. The molecule has 0 spiro atoms. The first-order valence-corrected chi connectivity index (χ1v) is 12.1. The fourth-order valence-electron chi connectivity index (χ4n) is 3.64. The van der Waals surface area contributed by atoms with Crippen molar-refractivity contribution in [1.82, 2.24) is 9.62 Å². The summed E-state index contributed by atoms with van der Waals surface area (Å²) in [5.41, 5.74) is 1.41. The van der Waals surface area contributed by atoms with E-state index in [1.807, 2.05) is 18.2 Å². The number of rotatable bonds is 4. The summed E-state index contributed by atoms with van der Waals surface area (Å²) in [5.74, 6) is 0.637. The highest BCUT2D eigenvalue weighted by atomic mass is 35.5. The first kappa shape index (κ1) is 19.8. The molecule has 0 aliphatic carbocycles. The van der Waals surface area contributed by atoms with Gasteiger partial charge in [-0.3, -0.25) is 4.79 Å². The summed E-state index contributed by atoms with van der Waals surface area (Å²) >= 11 is 7.97. The molecule has 2 aromatic rings. The van der Waals surface area contributed by atoms with E-state index in [0.29, 0.717) is 18.7 Å². The monoisotopic (exact) mass is 436 g/mol. The summed E-state index contributed by atoms with van der Waals surface area (Å²) in [6.07, 6.45) is 2.52. The Morgan fingerprint density at radius 1 is 1.14 bits per heavy atom. The van der Waals surface area contributed by atoms with Gasteiger partial charge in [-0.25, -0.2) is 8.42 Å². The number of hydrogen-bond acceptors (Lipinski definition) is 4. The average molecular weight is 437 g/mol. The molecule has 1 fully saturated rings. The van der Waals surface area contributed by atoms with E-state index in [1.54, 1.807) is 17.8 Å². The number of amides is 1. The third-order valence-corrected chi connectivity index (χ3v) is 8.64. The van der Waals surface area contributed by atoms with Crippen LogP contribution in [0.1, 0.15) is 41.2 Å². The fraction of sp³-hybridized carbons (Fsp3) is 0.350. The highest BCUT2D eigenvalue weighted by Crippen LogP contribution is 2.36. The van der Waals surface area contributed by atoms with Crippen LogP contribution in [0.25, 0.3) is 0 Å². The van der Waals surface area contributed by atoms with Crippen molar-refractivity contribution >= 4 is 39.3 Å². The largest absolute Gasteiger partial charge is 0.345 e. The molecule has 1 saturated heterocycles. The number of halogens is 1. The summed E-state index contributed by atoms with van der Waals surface area (Å²) in [7, 11) is -3.69. The number of benzene rings is 2. The number of thioether (sulfide) groups is 1. The van der Waals surface area contributed by atoms with Crippen molar-refractivity contribution in [2.75, 3.05) is 18.8 Å². The van der Waals surface area contributed by atoms with Crippen LogP contribution in [0.15, 0.2) is 52.3 Å². The molecule has 0 bridgehead atoms. The zero-order valence-electron chi connectivity index (χ0n) is 15.2. The zero-order valence-corrected chi connectivity index (χ0v) is 17.6. The predicted molar refractivity (Wildman–Crippen MR) is 111 cm³/mol. The maximum Gasteiger partial charge on any atom is 0.251 e. The van der Waals surface area contributed by atoms with E-state index in [1.165, 1.54) is 21.3 Å². The van der Waals surface area contributed by atoms with Gasteiger partial charge in [0.25, 0.3) is 5.91 Å². The molecule has 2 aliphatic rings. The van der Waals surface area contributed by atoms with Gasteiger partial charge in [-0.1, -0.05) is 29.8 Å². The minimum absolute atomic E-state index is 0.00307. The second-order valence-electron chi connectivity index (χ2n) is 6.96. The topological polar surface area (TPSA) is 66.5 Å². The molecule has 8 heteroatoms. The van der Waals surface area contributed by atoms with Crippen LogP contribution in [0.4, 0.5) is 0 Å². The number of nitrogens with zero attached hydrogens (tertiary/aromatic N) is 1. The molecule has 2 heterocycles. The van der Waals surface area contributed by atoms with Crippen LogP contribution in [0.5, 0.6) is 0 Å². The van der Waals surface area contributed by atoms with Gasteiger partial charge in [0.15, 0.2) is 0 Å². The summed E-state index contributed by atoms with van der Waals surface area (Å²) in [6, 6.07) is 12.4. The smallest absolute Gasteiger partial charge is 0.251 e. The average Bonchev–Trinajstić information content (AvgIpc) is 3.24. The molecule has 0 aromatic heterocycles. The Labute approximate surface area is 174 Å². The Kier molecular flexibility index (Phi) is 5.69. The third-order valence-electron chi connectivity index (χ3n) is 5.14. The molecular weight excluding hydrogens is 416 g/mol. The van der Waals surface area contributed by atoms with E-state index in [-0.39, 0.29) is 21.9 Å². The minimum atomic E-state index is -3.69.